The number of amides is 2. The number of nitrogens with one attached hydrogen (secondary N) is 2. The highest BCUT2D eigenvalue weighted by Gasteiger charge is 2.30. The molecule has 1 fully saturated rings. The highest BCUT2D eigenvalue weighted by atomic mass is 79.9. The van der Waals surface area contributed by atoms with E-state index in [2.05, 4.69) is 31.5 Å². The van der Waals surface area contributed by atoms with Crippen molar-refractivity contribution >= 4 is 39.1 Å². The molecule has 0 spiro atoms. The SMILES string of the molecule is Cc1ccc(NC(=O)[C@H](C)N2CCC(C(=O)Nc3ccccc3O)CC2)c(Br)c1. The lowest BCUT2D eigenvalue weighted by Crippen LogP contribution is -2.47. The van der Waals surface area contributed by atoms with Gasteiger partial charge in [0.2, 0.25) is 11.8 Å². The van der Waals surface area contributed by atoms with Crippen LogP contribution in [-0.4, -0.2) is 41.0 Å². The molecule has 1 heterocycles. The van der Waals surface area contributed by atoms with Gasteiger partial charge in [0.1, 0.15) is 5.75 Å². The molecule has 1 aliphatic rings. The van der Waals surface area contributed by atoms with Gasteiger partial charge in [-0.1, -0.05) is 18.2 Å². The molecule has 7 heteroatoms. The van der Waals surface area contributed by atoms with Gasteiger partial charge >= 0.3 is 0 Å². The number of rotatable bonds is 5. The van der Waals surface area contributed by atoms with Gasteiger partial charge in [-0.2, -0.15) is 0 Å². The van der Waals surface area contributed by atoms with E-state index in [1.54, 1.807) is 24.3 Å². The van der Waals surface area contributed by atoms with Crippen molar-refractivity contribution < 1.29 is 14.7 Å². The zero-order valence-corrected chi connectivity index (χ0v) is 18.2. The van der Waals surface area contributed by atoms with Crippen molar-refractivity contribution in [3.63, 3.8) is 0 Å². The van der Waals surface area contributed by atoms with Crippen LogP contribution in [0.1, 0.15) is 25.3 Å². The van der Waals surface area contributed by atoms with Crippen LogP contribution in [0, 0.1) is 12.8 Å². The molecular weight excluding hydrogens is 434 g/mol. The minimum atomic E-state index is -0.287. The van der Waals surface area contributed by atoms with E-state index in [-0.39, 0.29) is 29.5 Å². The molecule has 6 nitrogen and oxygen atoms in total. The summed E-state index contributed by atoms with van der Waals surface area (Å²) in [4.78, 5) is 27.3. The maximum Gasteiger partial charge on any atom is 0.241 e. The number of carbonyl (C=O) groups excluding carboxylic acids is 2. The number of hydrogen-bond donors (Lipinski definition) is 3. The van der Waals surface area contributed by atoms with E-state index in [4.69, 9.17) is 0 Å². The summed E-state index contributed by atoms with van der Waals surface area (Å²) in [5, 5.41) is 15.6. The van der Waals surface area contributed by atoms with E-state index in [0.717, 1.165) is 15.7 Å². The fourth-order valence-corrected chi connectivity index (χ4v) is 4.08. The molecule has 1 atom stereocenters. The highest BCUT2D eigenvalue weighted by molar-refractivity contribution is 9.10. The number of anilines is 2. The average Bonchev–Trinajstić information content (AvgIpc) is 2.71. The molecule has 0 bridgehead atoms. The first-order valence-corrected chi connectivity index (χ1v) is 10.5. The second-order valence-electron chi connectivity index (χ2n) is 7.47. The van der Waals surface area contributed by atoms with E-state index in [1.165, 1.54) is 0 Å². The Morgan fingerprint density at radius 1 is 1.10 bits per heavy atom. The molecule has 0 saturated carbocycles. The largest absolute Gasteiger partial charge is 0.506 e. The third-order valence-corrected chi connectivity index (χ3v) is 6.03. The van der Waals surface area contributed by atoms with Gasteiger partial charge in [0.05, 0.1) is 17.4 Å². The summed E-state index contributed by atoms with van der Waals surface area (Å²) >= 11 is 3.49. The van der Waals surface area contributed by atoms with Gasteiger partial charge in [-0.25, -0.2) is 0 Å². The van der Waals surface area contributed by atoms with Crippen LogP contribution >= 0.6 is 15.9 Å². The fraction of sp³-hybridized carbons (Fsp3) is 0.364. The van der Waals surface area contributed by atoms with Crippen molar-refractivity contribution in [1.82, 2.24) is 4.90 Å². The Hall–Kier alpha value is -2.38. The second kappa shape index (κ2) is 9.41. The Morgan fingerprint density at radius 2 is 1.79 bits per heavy atom. The standard InChI is InChI=1S/C22H26BrN3O3/c1-14-7-8-18(17(23)13-14)24-21(28)15(2)26-11-9-16(10-12-26)22(29)25-19-5-3-4-6-20(19)27/h3-8,13,15-16,27H,9-12H2,1-2H3,(H,24,28)(H,25,29)/t15-/m0/s1. The summed E-state index contributed by atoms with van der Waals surface area (Å²) in [5.41, 5.74) is 2.30. The van der Waals surface area contributed by atoms with Crippen molar-refractivity contribution in [1.29, 1.82) is 0 Å². The number of halogens is 1. The third-order valence-electron chi connectivity index (χ3n) is 5.37. The predicted octanol–water partition coefficient (Wildman–Crippen LogP) is 4.14. The highest BCUT2D eigenvalue weighted by Crippen LogP contribution is 2.26. The van der Waals surface area contributed by atoms with Crippen LogP contribution in [-0.2, 0) is 9.59 Å². The number of hydrogen-bond acceptors (Lipinski definition) is 4. The second-order valence-corrected chi connectivity index (χ2v) is 8.32. The Bertz CT molecular complexity index is 895. The van der Waals surface area contributed by atoms with Gasteiger partial charge in [-0.15, -0.1) is 0 Å². The molecule has 3 rings (SSSR count). The first-order chi connectivity index (χ1) is 13.8. The quantitative estimate of drug-likeness (QED) is 0.586. The average molecular weight is 460 g/mol. The molecule has 0 aromatic heterocycles. The number of aromatic hydroxyl groups is 1. The molecule has 2 aromatic carbocycles. The topological polar surface area (TPSA) is 81.7 Å². The number of para-hydroxylation sites is 2. The maximum atomic E-state index is 12.7. The molecule has 154 valence electrons. The molecule has 0 radical (unpaired) electrons. The van der Waals surface area contributed by atoms with Crippen LogP contribution in [0.2, 0.25) is 0 Å². The van der Waals surface area contributed by atoms with E-state index < -0.39 is 0 Å². The number of likely N-dealkylation sites (tertiary alicyclic amines) is 1. The smallest absolute Gasteiger partial charge is 0.241 e. The fourth-order valence-electron chi connectivity index (χ4n) is 3.49. The number of phenolic OH excluding ortho intramolecular Hbond substituents is 1. The van der Waals surface area contributed by atoms with Crippen LogP contribution in [0.25, 0.3) is 0 Å². The molecule has 3 N–H and O–H groups in total. The number of nitrogens with zero attached hydrogens (tertiary/aromatic N) is 1. The van der Waals surface area contributed by atoms with Crippen molar-refractivity contribution in [2.75, 3.05) is 23.7 Å². The molecule has 1 aliphatic heterocycles. The van der Waals surface area contributed by atoms with E-state index >= 15 is 0 Å². The first kappa shape index (κ1) is 21.3. The van der Waals surface area contributed by atoms with Crippen LogP contribution in [0.3, 0.4) is 0 Å². The number of phenols is 1. The van der Waals surface area contributed by atoms with Crippen molar-refractivity contribution in [2.24, 2.45) is 5.92 Å². The number of carbonyl (C=O) groups is 2. The molecular formula is C22H26BrN3O3. The summed E-state index contributed by atoms with van der Waals surface area (Å²) in [6, 6.07) is 12.2. The summed E-state index contributed by atoms with van der Waals surface area (Å²) in [7, 11) is 0. The third kappa shape index (κ3) is 5.36. The Labute approximate surface area is 179 Å². The Balaban J connectivity index is 1.52. The minimum absolute atomic E-state index is 0.0610. The van der Waals surface area contributed by atoms with Gasteiger partial charge < -0.3 is 15.7 Å². The minimum Gasteiger partial charge on any atom is -0.506 e. The molecule has 1 saturated heterocycles. The Kier molecular flexibility index (Phi) is 6.92. The molecule has 2 amide bonds. The van der Waals surface area contributed by atoms with Crippen LogP contribution in [0.4, 0.5) is 11.4 Å². The summed E-state index contributed by atoms with van der Waals surface area (Å²) in [5.74, 6) is -0.225. The van der Waals surface area contributed by atoms with E-state index in [9.17, 15) is 14.7 Å². The summed E-state index contributed by atoms with van der Waals surface area (Å²) < 4.78 is 0.859. The molecule has 0 unspecified atom stereocenters. The van der Waals surface area contributed by atoms with Crippen LogP contribution < -0.4 is 10.6 Å². The lowest BCUT2D eigenvalue weighted by atomic mass is 9.94. The number of piperidine rings is 1. The zero-order chi connectivity index (χ0) is 21.0. The maximum absolute atomic E-state index is 12.7. The summed E-state index contributed by atoms with van der Waals surface area (Å²) in [6.07, 6.45) is 1.34. The van der Waals surface area contributed by atoms with Crippen molar-refractivity contribution in [3.8, 4) is 5.75 Å². The lowest BCUT2D eigenvalue weighted by molar-refractivity contribution is -0.123. The van der Waals surface area contributed by atoms with Crippen molar-refractivity contribution in [3.05, 3.63) is 52.5 Å². The number of aryl methyl sites for hydroxylation is 1. The molecule has 0 aliphatic carbocycles. The van der Waals surface area contributed by atoms with E-state index in [1.807, 2.05) is 32.0 Å². The molecule has 2 aromatic rings. The van der Waals surface area contributed by atoms with Gasteiger partial charge in [0.15, 0.2) is 0 Å². The van der Waals surface area contributed by atoms with Gasteiger partial charge in [-0.05, 0) is 85.5 Å². The van der Waals surface area contributed by atoms with E-state index in [0.29, 0.717) is 31.6 Å². The Morgan fingerprint density at radius 3 is 2.45 bits per heavy atom. The molecule has 29 heavy (non-hydrogen) atoms. The van der Waals surface area contributed by atoms with Gasteiger partial charge in [0, 0.05) is 10.4 Å². The predicted molar refractivity (Wildman–Crippen MR) is 118 cm³/mol. The monoisotopic (exact) mass is 459 g/mol. The lowest BCUT2D eigenvalue weighted by Gasteiger charge is -2.34. The van der Waals surface area contributed by atoms with Crippen LogP contribution in [0.5, 0.6) is 5.75 Å². The van der Waals surface area contributed by atoms with Crippen molar-refractivity contribution in [2.45, 2.75) is 32.7 Å². The van der Waals surface area contributed by atoms with Gasteiger partial charge in [-0.3, -0.25) is 14.5 Å². The first-order valence-electron chi connectivity index (χ1n) is 9.75. The summed E-state index contributed by atoms with van der Waals surface area (Å²) in [6.45, 7) is 5.23. The van der Waals surface area contributed by atoms with Gasteiger partial charge in [0.25, 0.3) is 0 Å². The number of benzene rings is 2. The zero-order valence-electron chi connectivity index (χ0n) is 16.6. The van der Waals surface area contributed by atoms with Crippen LogP contribution in [0.15, 0.2) is 46.9 Å². The normalized spacial score (nSPS) is 16.2.